The zero-order chi connectivity index (χ0) is 18.8. The zero-order valence-corrected chi connectivity index (χ0v) is 14.8. The summed E-state index contributed by atoms with van der Waals surface area (Å²) in [6, 6.07) is 7.98. The molecule has 1 aromatic heterocycles. The van der Waals surface area contributed by atoms with Crippen molar-refractivity contribution in [1.29, 1.82) is 0 Å². The maximum absolute atomic E-state index is 12.3. The number of carboxylic acids is 1. The lowest BCUT2D eigenvalue weighted by Crippen LogP contribution is -2.32. The minimum absolute atomic E-state index is 0.377. The third-order valence-corrected chi connectivity index (χ3v) is 3.47. The van der Waals surface area contributed by atoms with Gasteiger partial charge in [0.15, 0.2) is 0 Å². The van der Waals surface area contributed by atoms with Gasteiger partial charge in [0.25, 0.3) is 5.56 Å². The van der Waals surface area contributed by atoms with Gasteiger partial charge < -0.3 is 14.4 Å². The number of nitrogens with zero attached hydrogens (tertiary/aromatic N) is 1. The normalized spacial score (nSPS) is 11.2. The smallest absolute Gasteiger partial charge is 0.341 e. The Morgan fingerprint density at radius 2 is 1.76 bits per heavy atom. The Morgan fingerprint density at radius 1 is 1.16 bits per heavy atom. The summed E-state index contributed by atoms with van der Waals surface area (Å²) in [5.74, 6) is -1.99. The summed E-state index contributed by atoms with van der Waals surface area (Å²) in [6.07, 6.45) is 1.43. The van der Waals surface area contributed by atoms with E-state index in [1.54, 1.807) is 45.0 Å². The fourth-order valence-corrected chi connectivity index (χ4v) is 2.35. The molecular formula is C18H18ClNO5. The second-order valence-electron chi connectivity index (χ2n) is 6.47. The number of halogens is 1. The molecule has 0 bridgehead atoms. The Bertz CT molecular complexity index is 863. The van der Waals surface area contributed by atoms with Gasteiger partial charge in [0.2, 0.25) is 0 Å². The maximum atomic E-state index is 12.3. The third kappa shape index (κ3) is 4.93. The highest BCUT2D eigenvalue weighted by molar-refractivity contribution is 6.30. The number of hydrogen-bond acceptors (Lipinski definition) is 4. The van der Waals surface area contributed by atoms with Crippen molar-refractivity contribution in [2.45, 2.75) is 32.9 Å². The highest BCUT2D eigenvalue weighted by atomic mass is 35.5. The Kier molecular flexibility index (Phi) is 5.33. The van der Waals surface area contributed by atoms with Crippen LogP contribution in [0, 0.1) is 0 Å². The average Bonchev–Trinajstić information content (AvgIpc) is 2.48. The van der Waals surface area contributed by atoms with Crippen LogP contribution in [0.5, 0.6) is 0 Å². The highest BCUT2D eigenvalue weighted by Crippen LogP contribution is 2.21. The predicted octanol–water partition coefficient (Wildman–Crippen LogP) is 3.21. The molecule has 2 rings (SSSR count). The lowest BCUT2D eigenvalue weighted by atomic mass is 10.1. The van der Waals surface area contributed by atoms with Gasteiger partial charge >= 0.3 is 11.9 Å². The number of esters is 1. The van der Waals surface area contributed by atoms with E-state index < -0.39 is 28.7 Å². The largest absolute Gasteiger partial charge is 0.477 e. The molecule has 0 radical (unpaired) electrons. The molecule has 2 aromatic rings. The summed E-state index contributed by atoms with van der Waals surface area (Å²) < 4.78 is 6.24. The maximum Gasteiger partial charge on any atom is 0.341 e. The van der Waals surface area contributed by atoms with Crippen molar-refractivity contribution in [1.82, 2.24) is 4.57 Å². The number of benzene rings is 1. The molecule has 0 saturated carbocycles. The molecule has 25 heavy (non-hydrogen) atoms. The first kappa shape index (κ1) is 18.7. The summed E-state index contributed by atoms with van der Waals surface area (Å²) in [4.78, 5) is 35.7. The molecule has 0 fully saturated rings. The summed E-state index contributed by atoms with van der Waals surface area (Å²) in [5.41, 5.74) is -0.737. The SMILES string of the molecule is CC(C)(C)OC(=O)Cn1cc(-c2ccc(Cl)cc2)cc(C(=O)O)c1=O. The van der Waals surface area contributed by atoms with Crippen LogP contribution >= 0.6 is 11.6 Å². The highest BCUT2D eigenvalue weighted by Gasteiger charge is 2.19. The van der Waals surface area contributed by atoms with E-state index in [1.165, 1.54) is 12.3 Å². The van der Waals surface area contributed by atoms with Crippen LogP contribution in [0.1, 0.15) is 31.1 Å². The van der Waals surface area contributed by atoms with Crippen LogP contribution in [-0.4, -0.2) is 27.2 Å². The zero-order valence-electron chi connectivity index (χ0n) is 14.1. The van der Waals surface area contributed by atoms with Crippen LogP contribution in [-0.2, 0) is 16.1 Å². The van der Waals surface area contributed by atoms with E-state index in [1.807, 2.05) is 0 Å². The Labute approximate surface area is 149 Å². The molecule has 1 N–H and O–H groups in total. The molecule has 0 aliphatic rings. The van der Waals surface area contributed by atoms with Crippen molar-refractivity contribution < 1.29 is 19.4 Å². The molecule has 132 valence electrons. The standard InChI is InChI=1S/C18H18ClNO5/c1-18(2,3)25-15(21)10-20-9-12(8-14(16(20)22)17(23)24)11-4-6-13(19)7-5-11/h4-9H,10H2,1-3H3,(H,23,24). The molecule has 0 amide bonds. The molecule has 0 saturated heterocycles. The van der Waals surface area contributed by atoms with E-state index in [4.69, 9.17) is 16.3 Å². The van der Waals surface area contributed by atoms with Crippen LogP contribution in [0.3, 0.4) is 0 Å². The van der Waals surface area contributed by atoms with Crippen LogP contribution < -0.4 is 5.56 Å². The van der Waals surface area contributed by atoms with E-state index in [9.17, 15) is 19.5 Å². The molecule has 1 heterocycles. The molecule has 0 aliphatic carbocycles. The second-order valence-corrected chi connectivity index (χ2v) is 6.91. The predicted molar refractivity (Wildman–Crippen MR) is 94.0 cm³/mol. The first-order valence-corrected chi connectivity index (χ1v) is 7.90. The number of carbonyl (C=O) groups excluding carboxylic acids is 1. The van der Waals surface area contributed by atoms with Crippen molar-refractivity contribution in [3.63, 3.8) is 0 Å². The van der Waals surface area contributed by atoms with Gasteiger partial charge in [-0.25, -0.2) is 4.79 Å². The van der Waals surface area contributed by atoms with Crippen LogP contribution in [0.4, 0.5) is 0 Å². The Morgan fingerprint density at radius 3 is 2.28 bits per heavy atom. The van der Waals surface area contributed by atoms with Crippen LogP contribution in [0.25, 0.3) is 11.1 Å². The molecule has 7 heteroatoms. The lowest BCUT2D eigenvalue weighted by molar-refractivity contribution is -0.155. The number of aromatic carboxylic acids is 1. The molecule has 6 nitrogen and oxygen atoms in total. The summed E-state index contributed by atoms with van der Waals surface area (Å²) >= 11 is 5.86. The van der Waals surface area contributed by atoms with E-state index in [2.05, 4.69) is 0 Å². The fraction of sp³-hybridized carbons (Fsp3) is 0.278. The number of hydrogen-bond donors (Lipinski definition) is 1. The van der Waals surface area contributed by atoms with Gasteiger partial charge in [-0.3, -0.25) is 9.59 Å². The number of ether oxygens (including phenoxy) is 1. The van der Waals surface area contributed by atoms with Gasteiger partial charge in [0.05, 0.1) is 0 Å². The van der Waals surface area contributed by atoms with Crippen LogP contribution in [0.2, 0.25) is 5.02 Å². The number of carbonyl (C=O) groups is 2. The second kappa shape index (κ2) is 7.11. The third-order valence-electron chi connectivity index (χ3n) is 3.21. The molecule has 1 aromatic carbocycles. The van der Waals surface area contributed by atoms with Crippen molar-refractivity contribution in [3.8, 4) is 11.1 Å². The minimum atomic E-state index is -1.36. The number of carboxylic acid groups (broad SMARTS) is 1. The van der Waals surface area contributed by atoms with Gasteiger partial charge in [-0.15, -0.1) is 0 Å². The van der Waals surface area contributed by atoms with Crippen molar-refractivity contribution in [2.75, 3.05) is 0 Å². The number of pyridine rings is 1. The lowest BCUT2D eigenvalue weighted by Gasteiger charge is -2.20. The summed E-state index contributed by atoms with van der Waals surface area (Å²) in [5, 5.41) is 9.81. The minimum Gasteiger partial charge on any atom is -0.477 e. The molecule has 0 aliphatic heterocycles. The van der Waals surface area contributed by atoms with Gasteiger partial charge in [-0.05, 0) is 50.1 Å². The Hall–Kier alpha value is -2.60. The molecule has 0 spiro atoms. The first-order chi connectivity index (χ1) is 11.6. The van der Waals surface area contributed by atoms with E-state index >= 15 is 0 Å². The van der Waals surface area contributed by atoms with Crippen molar-refractivity contribution in [2.24, 2.45) is 0 Å². The molecule has 0 unspecified atom stereocenters. The van der Waals surface area contributed by atoms with E-state index in [0.717, 1.165) is 4.57 Å². The van der Waals surface area contributed by atoms with E-state index in [-0.39, 0.29) is 6.54 Å². The molecular weight excluding hydrogens is 346 g/mol. The monoisotopic (exact) mass is 363 g/mol. The van der Waals surface area contributed by atoms with Crippen LogP contribution in [0.15, 0.2) is 41.3 Å². The van der Waals surface area contributed by atoms with Gasteiger partial charge in [0, 0.05) is 11.2 Å². The number of aromatic nitrogens is 1. The van der Waals surface area contributed by atoms with Crippen molar-refractivity contribution in [3.05, 3.63) is 57.5 Å². The summed E-state index contributed by atoms with van der Waals surface area (Å²) in [7, 11) is 0. The first-order valence-electron chi connectivity index (χ1n) is 7.52. The average molecular weight is 364 g/mol. The van der Waals surface area contributed by atoms with E-state index in [0.29, 0.717) is 16.1 Å². The quantitative estimate of drug-likeness (QED) is 0.843. The Balaban J connectivity index is 2.48. The summed E-state index contributed by atoms with van der Waals surface area (Å²) in [6.45, 7) is 4.75. The number of rotatable bonds is 4. The topological polar surface area (TPSA) is 85.6 Å². The molecule has 0 atom stereocenters. The van der Waals surface area contributed by atoms with Gasteiger partial charge in [-0.2, -0.15) is 0 Å². The fourth-order valence-electron chi connectivity index (χ4n) is 2.22. The van der Waals surface area contributed by atoms with Gasteiger partial charge in [0.1, 0.15) is 17.7 Å². The van der Waals surface area contributed by atoms with Gasteiger partial charge in [-0.1, -0.05) is 23.7 Å². The van der Waals surface area contributed by atoms with Crippen molar-refractivity contribution >= 4 is 23.5 Å².